The van der Waals surface area contributed by atoms with Gasteiger partial charge in [-0.3, -0.25) is 4.90 Å². The molecule has 7 nitrogen and oxygen atoms in total. The van der Waals surface area contributed by atoms with Crippen molar-refractivity contribution in [1.29, 1.82) is 0 Å². The van der Waals surface area contributed by atoms with Gasteiger partial charge >= 0.3 is 6.03 Å². The topological polar surface area (TPSA) is 69.2 Å². The number of carbonyl (C=O) groups excluding carboxylic acids is 1. The summed E-state index contributed by atoms with van der Waals surface area (Å²) in [6.07, 6.45) is 0.878. The molecule has 0 saturated carbocycles. The first-order chi connectivity index (χ1) is 14.4. The minimum absolute atomic E-state index is 0.243. The Morgan fingerprint density at radius 3 is 2.50 bits per heavy atom. The van der Waals surface area contributed by atoms with Crippen molar-refractivity contribution >= 4 is 17.6 Å². The second kappa shape index (κ2) is 8.81. The standard InChI is InChI=1S/C22H28ClN5O2/c1-16-21(20-9-8-19(30-20)17-4-6-18(23)7-5-17)28(24)22(29)27(16)11-3-10-26-14-12-25(2)13-15-26/h4-9,21H,1,3,10-15,24H2,2H3. The summed E-state index contributed by atoms with van der Waals surface area (Å²) < 4.78 is 6.02. The highest BCUT2D eigenvalue weighted by molar-refractivity contribution is 6.30. The van der Waals surface area contributed by atoms with E-state index in [1.165, 1.54) is 5.01 Å². The molecule has 0 radical (unpaired) electrons. The van der Waals surface area contributed by atoms with Crippen LogP contribution >= 0.6 is 11.6 Å². The molecule has 0 spiro atoms. The zero-order chi connectivity index (χ0) is 21.3. The van der Waals surface area contributed by atoms with Gasteiger partial charge in [0.25, 0.3) is 0 Å². The third-order valence-corrected chi connectivity index (χ3v) is 6.12. The first-order valence-corrected chi connectivity index (χ1v) is 10.6. The van der Waals surface area contributed by atoms with Crippen LogP contribution in [0.25, 0.3) is 11.3 Å². The van der Waals surface area contributed by atoms with Crippen molar-refractivity contribution in [1.82, 2.24) is 19.7 Å². The molecule has 2 aromatic rings. The number of nitrogens with two attached hydrogens (primary N) is 1. The Bertz CT molecular complexity index is 905. The number of amides is 2. The third kappa shape index (κ3) is 4.25. The fourth-order valence-electron chi connectivity index (χ4n) is 4.01. The van der Waals surface area contributed by atoms with E-state index >= 15 is 0 Å². The zero-order valence-corrected chi connectivity index (χ0v) is 18.0. The maximum Gasteiger partial charge on any atom is 0.339 e. The van der Waals surface area contributed by atoms with Crippen LogP contribution in [-0.2, 0) is 0 Å². The number of carbonyl (C=O) groups is 1. The van der Waals surface area contributed by atoms with Gasteiger partial charge in [0.15, 0.2) is 0 Å². The summed E-state index contributed by atoms with van der Waals surface area (Å²) in [6.45, 7) is 10.0. The molecule has 2 aliphatic heterocycles. The molecule has 160 valence electrons. The number of rotatable bonds is 6. The predicted octanol–water partition coefficient (Wildman–Crippen LogP) is 3.40. The molecule has 2 amide bonds. The van der Waals surface area contributed by atoms with Gasteiger partial charge in [-0.15, -0.1) is 0 Å². The molecule has 0 aliphatic carbocycles. The Morgan fingerprint density at radius 1 is 1.10 bits per heavy atom. The van der Waals surface area contributed by atoms with Gasteiger partial charge in [0.2, 0.25) is 0 Å². The highest BCUT2D eigenvalue weighted by atomic mass is 35.5. The second-order valence-electron chi connectivity index (χ2n) is 7.94. The highest BCUT2D eigenvalue weighted by Gasteiger charge is 2.41. The van der Waals surface area contributed by atoms with E-state index in [1.54, 1.807) is 4.90 Å². The van der Waals surface area contributed by atoms with Gasteiger partial charge in [0.05, 0.1) is 0 Å². The molecule has 2 aliphatic rings. The Morgan fingerprint density at radius 2 is 1.80 bits per heavy atom. The summed E-state index contributed by atoms with van der Waals surface area (Å²) in [5.74, 6) is 7.42. The van der Waals surface area contributed by atoms with Crippen LogP contribution in [0.15, 0.2) is 53.1 Å². The van der Waals surface area contributed by atoms with E-state index in [1.807, 2.05) is 36.4 Å². The van der Waals surface area contributed by atoms with Crippen LogP contribution in [0, 0.1) is 0 Å². The van der Waals surface area contributed by atoms with Crippen molar-refractivity contribution in [3.63, 3.8) is 0 Å². The van der Waals surface area contributed by atoms with Gasteiger partial charge in [0, 0.05) is 49.0 Å². The number of nitrogens with zero attached hydrogens (tertiary/aromatic N) is 4. The molecular weight excluding hydrogens is 402 g/mol. The van der Waals surface area contributed by atoms with Gasteiger partial charge in [-0.1, -0.05) is 18.2 Å². The lowest BCUT2D eigenvalue weighted by Crippen LogP contribution is -2.45. The molecule has 0 bridgehead atoms. The number of likely N-dealkylation sites (N-methyl/N-ethyl adjacent to an activating group) is 1. The summed E-state index contributed by atoms with van der Waals surface area (Å²) in [4.78, 5) is 19.2. The van der Waals surface area contributed by atoms with Crippen LogP contribution < -0.4 is 5.84 Å². The van der Waals surface area contributed by atoms with E-state index in [0.717, 1.165) is 44.7 Å². The van der Waals surface area contributed by atoms with Crippen LogP contribution in [0.4, 0.5) is 4.79 Å². The van der Waals surface area contributed by atoms with Gasteiger partial charge in [-0.2, -0.15) is 0 Å². The van der Waals surface area contributed by atoms with Crippen LogP contribution in [0.5, 0.6) is 0 Å². The summed E-state index contributed by atoms with van der Waals surface area (Å²) >= 11 is 5.96. The number of benzene rings is 1. The smallest absolute Gasteiger partial charge is 0.339 e. The SMILES string of the molecule is C=C1C(c2ccc(-c3ccc(Cl)cc3)o2)N(N)C(=O)N1CCCN1CCN(C)CC1. The minimum atomic E-state index is -0.498. The van der Waals surface area contributed by atoms with Crippen LogP contribution in [0.1, 0.15) is 18.2 Å². The Labute approximate surface area is 182 Å². The Kier molecular flexibility index (Phi) is 6.15. The first-order valence-electron chi connectivity index (χ1n) is 10.2. The quantitative estimate of drug-likeness (QED) is 0.563. The normalized spacial score (nSPS) is 21.1. The minimum Gasteiger partial charge on any atom is -0.458 e. The maximum absolute atomic E-state index is 12.7. The molecule has 4 rings (SSSR count). The number of furan rings is 1. The van der Waals surface area contributed by atoms with E-state index in [0.29, 0.717) is 28.8 Å². The molecule has 30 heavy (non-hydrogen) atoms. The van der Waals surface area contributed by atoms with E-state index in [4.69, 9.17) is 21.9 Å². The van der Waals surface area contributed by atoms with Crippen LogP contribution in [0.3, 0.4) is 0 Å². The van der Waals surface area contributed by atoms with Crippen molar-refractivity contribution in [2.75, 3.05) is 46.3 Å². The number of halogens is 1. The zero-order valence-electron chi connectivity index (χ0n) is 17.3. The van der Waals surface area contributed by atoms with E-state index in [9.17, 15) is 4.79 Å². The lowest BCUT2D eigenvalue weighted by atomic mass is 10.1. The molecular formula is C22H28ClN5O2. The van der Waals surface area contributed by atoms with Crippen molar-refractivity contribution in [2.45, 2.75) is 12.5 Å². The average Bonchev–Trinajstić information content (AvgIpc) is 3.29. The van der Waals surface area contributed by atoms with Crippen molar-refractivity contribution < 1.29 is 9.21 Å². The second-order valence-corrected chi connectivity index (χ2v) is 8.38. The van der Waals surface area contributed by atoms with Gasteiger partial charge in [-0.05, 0) is 56.4 Å². The van der Waals surface area contributed by atoms with E-state index < -0.39 is 6.04 Å². The fraction of sp³-hybridized carbons (Fsp3) is 0.409. The molecule has 3 heterocycles. The number of hydrogen-bond donors (Lipinski definition) is 1. The number of piperazine rings is 1. The monoisotopic (exact) mass is 429 g/mol. The largest absolute Gasteiger partial charge is 0.458 e. The van der Waals surface area contributed by atoms with Crippen LogP contribution in [0.2, 0.25) is 5.02 Å². The number of hydrazine groups is 1. The maximum atomic E-state index is 12.7. The average molecular weight is 430 g/mol. The molecule has 1 unspecified atom stereocenters. The number of hydrogen-bond acceptors (Lipinski definition) is 5. The lowest BCUT2D eigenvalue weighted by Gasteiger charge is -2.32. The molecule has 1 aromatic carbocycles. The molecule has 2 saturated heterocycles. The summed E-state index contributed by atoms with van der Waals surface area (Å²) in [5, 5.41) is 1.88. The summed E-state index contributed by atoms with van der Waals surface area (Å²) in [6, 6.07) is 10.4. The molecule has 8 heteroatoms. The summed E-state index contributed by atoms with van der Waals surface area (Å²) in [7, 11) is 2.15. The predicted molar refractivity (Wildman–Crippen MR) is 118 cm³/mol. The van der Waals surface area contributed by atoms with E-state index in [2.05, 4.69) is 23.4 Å². The van der Waals surface area contributed by atoms with Gasteiger partial charge in [-0.25, -0.2) is 15.6 Å². The fourth-order valence-corrected chi connectivity index (χ4v) is 4.14. The number of urea groups is 1. The molecule has 1 aromatic heterocycles. The van der Waals surface area contributed by atoms with Crippen molar-refractivity contribution in [3.8, 4) is 11.3 Å². The lowest BCUT2D eigenvalue weighted by molar-refractivity contribution is 0.148. The van der Waals surface area contributed by atoms with Crippen molar-refractivity contribution in [2.24, 2.45) is 5.84 Å². The van der Waals surface area contributed by atoms with Gasteiger partial charge in [0.1, 0.15) is 17.6 Å². The highest BCUT2D eigenvalue weighted by Crippen LogP contribution is 2.37. The van der Waals surface area contributed by atoms with Gasteiger partial charge < -0.3 is 14.2 Å². The Hall–Kier alpha value is -2.32. The molecule has 2 N–H and O–H groups in total. The van der Waals surface area contributed by atoms with Crippen LogP contribution in [-0.4, -0.2) is 72.1 Å². The molecule has 2 fully saturated rings. The first kappa shape index (κ1) is 20.9. The third-order valence-electron chi connectivity index (χ3n) is 5.87. The van der Waals surface area contributed by atoms with E-state index in [-0.39, 0.29) is 6.03 Å². The Balaban J connectivity index is 1.39. The summed E-state index contributed by atoms with van der Waals surface area (Å²) in [5.41, 5.74) is 1.56. The molecule has 1 atom stereocenters. The van der Waals surface area contributed by atoms with Crippen molar-refractivity contribution in [3.05, 3.63) is 59.5 Å².